The molecule has 5 heteroatoms. The van der Waals surface area contributed by atoms with E-state index in [1.807, 2.05) is 66.7 Å². The molecule has 1 unspecified atom stereocenters. The summed E-state index contributed by atoms with van der Waals surface area (Å²) in [6.45, 7) is 2.21. The van der Waals surface area contributed by atoms with Crippen LogP contribution in [0.25, 0.3) is 10.8 Å². The zero-order valence-corrected chi connectivity index (χ0v) is 15.0. The first-order valence-corrected chi connectivity index (χ1v) is 8.76. The van der Waals surface area contributed by atoms with Gasteiger partial charge < -0.3 is 19.1 Å². The molecule has 27 heavy (non-hydrogen) atoms. The normalized spacial score (nSPS) is 16.9. The summed E-state index contributed by atoms with van der Waals surface area (Å²) >= 11 is 0. The number of hydrogen-bond donors (Lipinski definition) is 0. The first-order chi connectivity index (χ1) is 13.2. The van der Waals surface area contributed by atoms with Gasteiger partial charge in [0.25, 0.3) is 0 Å². The second kappa shape index (κ2) is 7.78. The van der Waals surface area contributed by atoms with Gasteiger partial charge in [-0.3, -0.25) is 4.79 Å². The number of methoxy groups -OCH3 is 1. The molecule has 1 atom stereocenters. The van der Waals surface area contributed by atoms with Crippen molar-refractivity contribution in [1.82, 2.24) is 0 Å². The first kappa shape index (κ1) is 17.5. The standard InChI is InChI=1S/C22H20NO4/c1-25-14-21-22(24)23(15-27-21)19-9-7-18-12-20(10-8-17(18)11-19)26-13-16-5-3-2-4-6-16/h2-12,15,21H,13-14H2,1H3/q-1. The monoisotopic (exact) mass is 362 g/mol. The minimum atomic E-state index is -0.584. The average molecular weight is 362 g/mol. The molecule has 1 amide bonds. The van der Waals surface area contributed by atoms with Crippen LogP contribution >= 0.6 is 0 Å². The van der Waals surface area contributed by atoms with Gasteiger partial charge >= 0.3 is 0 Å². The third-order valence-corrected chi connectivity index (χ3v) is 4.48. The maximum absolute atomic E-state index is 12.4. The molecule has 1 saturated heterocycles. The van der Waals surface area contributed by atoms with Crippen molar-refractivity contribution in [2.45, 2.75) is 12.7 Å². The molecular weight excluding hydrogens is 342 g/mol. The van der Waals surface area contributed by atoms with E-state index in [1.165, 1.54) is 11.6 Å². The number of nitrogens with zero attached hydrogens (tertiary/aromatic N) is 1. The fourth-order valence-corrected chi connectivity index (χ4v) is 3.04. The molecule has 3 aromatic carbocycles. The minimum Gasteiger partial charge on any atom is -0.520 e. The van der Waals surface area contributed by atoms with E-state index in [2.05, 4.69) is 0 Å². The largest absolute Gasteiger partial charge is 0.520 e. The Balaban J connectivity index is 1.50. The van der Waals surface area contributed by atoms with Crippen LogP contribution in [-0.2, 0) is 20.9 Å². The molecular formula is C22H20NO4-. The lowest BCUT2D eigenvalue weighted by Gasteiger charge is -2.24. The van der Waals surface area contributed by atoms with E-state index < -0.39 is 6.10 Å². The second-order valence-electron chi connectivity index (χ2n) is 6.36. The van der Waals surface area contributed by atoms with E-state index in [9.17, 15) is 4.79 Å². The first-order valence-electron chi connectivity index (χ1n) is 8.76. The van der Waals surface area contributed by atoms with E-state index in [1.54, 1.807) is 7.11 Å². The molecule has 0 aliphatic carbocycles. The zero-order chi connectivity index (χ0) is 18.6. The van der Waals surface area contributed by atoms with Gasteiger partial charge in [0.05, 0.1) is 6.61 Å². The van der Waals surface area contributed by atoms with Crippen molar-refractivity contribution in [2.75, 3.05) is 18.6 Å². The molecule has 1 aliphatic heterocycles. The Labute approximate surface area is 158 Å². The van der Waals surface area contributed by atoms with E-state index >= 15 is 0 Å². The zero-order valence-electron chi connectivity index (χ0n) is 15.0. The van der Waals surface area contributed by atoms with Crippen LogP contribution in [0, 0.1) is 6.73 Å². The van der Waals surface area contributed by atoms with Crippen molar-refractivity contribution >= 4 is 22.4 Å². The van der Waals surface area contributed by atoms with Crippen molar-refractivity contribution in [3.8, 4) is 5.75 Å². The van der Waals surface area contributed by atoms with Crippen LogP contribution in [-0.4, -0.2) is 25.7 Å². The Morgan fingerprint density at radius 2 is 1.81 bits per heavy atom. The lowest BCUT2D eigenvalue weighted by molar-refractivity contribution is -0.124. The number of benzene rings is 3. The molecule has 0 saturated carbocycles. The van der Waals surface area contributed by atoms with Gasteiger partial charge in [0.2, 0.25) is 5.91 Å². The molecule has 5 nitrogen and oxygen atoms in total. The summed E-state index contributed by atoms with van der Waals surface area (Å²) < 4.78 is 16.3. The number of carbonyl (C=O) groups excluding carboxylic acids is 1. The van der Waals surface area contributed by atoms with Gasteiger partial charge in [0, 0.05) is 12.8 Å². The number of ether oxygens (including phenoxy) is 3. The van der Waals surface area contributed by atoms with Gasteiger partial charge in [-0.1, -0.05) is 42.5 Å². The molecule has 0 radical (unpaired) electrons. The third kappa shape index (κ3) is 3.79. The Hall–Kier alpha value is -2.89. The fourth-order valence-electron chi connectivity index (χ4n) is 3.04. The molecule has 0 bridgehead atoms. The van der Waals surface area contributed by atoms with Crippen LogP contribution in [0.1, 0.15) is 5.56 Å². The molecule has 4 rings (SSSR count). The third-order valence-electron chi connectivity index (χ3n) is 4.48. The molecule has 0 aromatic heterocycles. The topological polar surface area (TPSA) is 48.0 Å². The number of anilines is 1. The summed E-state index contributed by atoms with van der Waals surface area (Å²) in [5.41, 5.74) is 1.89. The van der Waals surface area contributed by atoms with Crippen molar-refractivity contribution in [2.24, 2.45) is 0 Å². The Bertz CT molecular complexity index is 941. The van der Waals surface area contributed by atoms with Gasteiger partial charge in [-0.2, -0.15) is 0 Å². The van der Waals surface area contributed by atoms with Crippen molar-refractivity contribution in [3.63, 3.8) is 0 Å². The SMILES string of the molecule is COCC1O[CH-]N(c2ccc3cc(OCc4ccccc4)ccc3c2)C1=O. The predicted octanol–water partition coefficient (Wildman–Crippen LogP) is 3.92. The highest BCUT2D eigenvalue weighted by atomic mass is 16.6. The van der Waals surface area contributed by atoms with E-state index in [4.69, 9.17) is 14.2 Å². The number of carbonyl (C=O) groups is 1. The molecule has 1 fully saturated rings. The summed E-state index contributed by atoms with van der Waals surface area (Å²) in [6, 6.07) is 21.8. The van der Waals surface area contributed by atoms with Gasteiger partial charge in [0.1, 0.15) is 18.5 Å². The van der Waals surface area contributed by atoms with Crippen LogP contribution in [0.3, 0.4) is 0 Å². The maximum atomic E-state index is 12.4. The second-order valence-corrected chi connectivity index (χ2v) is 6.36. The summed E-state index contributed by atoms with van der Waals surface area (Å²) in [5.74, 6) is 0.686. The average Bonchev–Trinajstić information content (AvgIpc) is 3.07. The highest BCUT2D eigenvalue weighted by Crippen LogP contribution is 2.29. The maximum Gasteiger partial charge on any atom is 0.228 e. The predicted molar refractivity (Wildman–Crippen MR) is 103 cm³/mol. The minimum absolute atomic E-state index is 0.126. The molecule has 1 heterocycles. The van der Waals surface area contributed by atoms with E-state index in [0.717, 1.165) is 27.8 Å². The molecule has 3 aromatic rings. The molecule has 138 valence electrons. The Morgan fingerprint density at radius 1 is 1.04 bits per heavy atom. The van der Waals surface area contributed by atoms with Crippen LogP contribution in [0.4, 0.5) is 5.69 Å². The number of amides is 1. The lowest BCUT2D eigenvalue weighted by Crippen LogP contribution is -2.30. The van der Waals surface area contributed by atoms with Crippen molar-refractivity contribution in [3.05, 3.63) is 79.0 Å². The highest BCUT2D eigenvalue weighted by Gasteiger charge is 2.25. The summed E-state index contributed by atoms with van der Waals surface area (Å²) in [4.78, 5) is 13.9. The quantitative estimate of drug-likeness (QED) is 0.624. The number of fused-ring (bicyclic) bond motifs is 1. The Kier molecular flexibility index (Phi) is 5.05. The van der Waals surface area contributed by atoms with Crippen LogP contribution < -0.4 is 9.64 Å². The number of rotatable bonds is 6. The van der Waals surface area contributed by atoms with Gasteiger partial charge in [0.15, 0.2) is 0 Å². The molecule has 0 spiro atoms. The van der Waals surface area contributed by atoms with Crippen molar-refractivity contribution in [1.29, 1.82) is 0 Å². The van der Waals surface area contributed by atoms with Crippen LogP contribution in [0.2, 0.25) is 0 Å². The lowest BCUT2D eigenvalue weighted by atomic mass is 10.1. The van der Waals surface area contributed by atoms with Crippen LogP contribution in [0.5, 0.6) is 5.75 Å². The Morgan fingerprint density at radius 3 is 2.63 bits per heavy atom. The summed E-state index contributed by atoms with van der Waals surface area (Å²) in [7, 11) is 1.55. The van der Waals surface area contributed by atoms with E-state index in [0.29, 0.717) is 6.61 Å². The van der Waals surface area contributed by atoms with Crippen LogP contribution in [0.15, 0.2) is 66.7 Å². The fraction of sp³-hybridized carbons (Fsp3) is 0.182. The van der Waals surface area contributed by atoms with Crippen molar-refractivity contribution < 1.29 is 19.0 Å². The van der Waals surface area contributed by atoms with Gasteiger partial charge in [-0.25, -0.2) is 0 Å². The van der Waals surface area contributed by atoms with E-state index in [-0.39, 0.29) is 12.5 Å². The smallest absolute Gasteiger partial charge is 0.228 e. The number of hydrogen-bond acceptors (Lipinski definition) is 4. The summed E-state index contributed by atoms with van der Waals surface area (Å²) in [5, 5.41) is 2.07. The molecule has 0 N–H and O–H groups in total. The summed E-state index contributed by atoms with van der Waals surface area (Å²) in [6.07, 6.45) is -0.584. The van der Waals surface area contributed by atoms with Gasteiger partial charge in [-0.05, 0) is 40.6 Å². The molecule has 1 aliphatic rings. The van der Waals surface area contributed by atoms with Gasteiger partial charge in [-0.15, -0.1) is 6.73 Å². The highest BCUT2D eigenvalue weighted by molar-refractivity contribution is 6.01.